The van der Waals surface area contributed by atoms with Gasteiger partial charge in [-0.3, -0.25) is 9.59 Å². The van der Waals surface area contributed by atoms with Crippen molar-refractivity contribution in [3.8, 4) is 5.75 Å². The Balaban J connectivity index is 1.86. The summed E-state index contributed by atoms with van der Waals surface area (Å²) in [6, 6.07) is 12.6. The summed E-state index contributed by atoms with van der Waals surface area (Å²) in [6.07, 6.45) is 0. The van der Waals surface area contributed by atoms with Crippen LogP contribution < -0.4 is 10.2 Å². The maximum atomic E-state index is 13.5. The summed E-state index contributed by atoms with van der Waals surface area (Å²) in [6.45, 7) is 9.28. The van der Waals surface area contributed by atoms with Gasteiger partial charge in [-0.25, -0.2) is 0 Å². The number of carbonyl (C=O) groups is 1. The van der Waals surface area contributed by atoms with Gasteiger partial charge in [0.2, 0.25) is 5.76 Å². The van der Waals surface area contributed by atoms with Crippen LogP contribution in [-0.2, 0) is 0 Å². The van der Waals surface area contributed by atoms with E-state index in [2.05, 4.69) is 18.7 Å². The smallest absolute Gasteiger partial charge is 0.290 e. The van der Waals surface area contributed by atoms with E-state index >= 15 is 0 Å². The van der Waals surface area contributed by atoms with E-state index in [0.29, 0.717) is 28.8 Å². The maximum absolute atomic E-state index is 13.5. The molecule has 1 aliphatic heterocycles. The van der Waals surface area contributed by atoms with Crippen LogP contribution in [-0.4, -0.2) is 49.0 Å². The lowest BCUT2D eigenvalue weighted by Crippen LogP contribution is -2.37. The molecule has 0 N–H and O–H groups in total. The SMILES string of the molecule is CCN(CC)CCN1C(=O)c2oc3cc(OC)ccc3c(=O)c2[C@H]1c1ccc(C)cc1. The predicted octanol–water partition coefficient (Wildman–Crippen LogP) is 4.00. The molecule has 0 fully saturated rings. The van der Waals surface area contributed by atoms with Gasteiger partial charge in [-0.15, -0.1) is 0 Å². The number of likely N-dealkylation sites (N-methyl/N-ethyl adjacent to an activating group) is 1. The first-order chi connectivity index (χ1) is 15.0. The summed E-state index contributed by atoms with van der Waals surface area (Å²) < 4.78 is 11.3. The summed E-state index contributed by atoms with van der Waals surface area (Å²) in [5.41, 5.74) is 2.66. The largest absolute Gasteiger partial charge is 0.497 e. The van der Waals surface area contributed by atoms with E-state index in [1.807, 2.05) is 31.2 Å². The fraction of sp³-hybridized carbons (Fsp3) is 0.360. The molecule has 0 radical (unpaired) electrons. The average molecular weight is 421 g/mol. The molecule has 1 atom stereocenters. The predicted molar refractivity (Wildman–Crippen MR) is 121 cm³/mol. The van der Waals surface area contributed by atoms with E-state index in [9.17, 15) is 9.59 Å². The quantitative estimate of drug-likeness (QED) is 0.578. The second-order valence-corrected chi connectivity index (χ2v) is 7.87. The molecule has 0 spiro atoms. The summed E-state index contributed by atoms with van der Waals surface area (Å²) in [5.74, 6) is 0.472. The Morgan fingerprint density at radius 2 is 1.77 bits per heavy atom. The van der Waals surface area contributed by atoms with E-state index in [-0.39, 0.29) is 17.1 Å². The Morgan fingerprint density at radius 3 is 2.42 bits per heavy atom. The van der Waals surface area contributed by atoms with Crippen molar-refractivity contribution in [2.24, 2.45) is 0 Å². The first-order valence-corrected chi connectivity index (χ1v) is 10.7. The molecule has 1 amide bonds. The topological polar surface area (TPSA) is 63.0 Å². The Morgan fingerprint density at radius 1 is 1.06 bits per heavy atom. The molecule has 0 aliphatic carbocycles. The molecule has 31 heavy (non-hydrogen) atoms. The van der Waals surface area contributed by atoms with Gasteiger partial charge in [0.05, 0.1) is 24.1 Å². The van der Waals surface area contributed by atoms with Crippen LogP contribution in [0.25, 0.3) is 11.0 Å². The Hall–Kier alpha value is -3.12. The standard InChI is InChI=1S/C25H28N2O4/c1-5-26(6-2)13-14-27-22(17-9-7-16(3)8-10-17)21-23(28)19-12-11-18(30-4)15-20(19)31-24(21)25(27)29/h7-12,15,22H,5-6,13-14H2,1-4H3/t22-/m1/s1. The van der Waals surface area contributed by atoms with Crippen LogP contribution in [0.4, 0.5) is 0 Å². The average Bonchev–Trinajstić information content (AvgIpc) is 3.06. The number of ether oxygens (including phenoxy) is 1. The van der Waals surface area contributed by atoms with Crippen molar-refractivity contribution < 1.29 is 13.9 Å². The second-order valence-electron chi connectivity index (χ2n) is 7.87. The van der Waals surface area contributed by atoms with Gasteiger partial charge >= 0.3 is 0 Å². The van der Waals surface area contributed by atoms with Crippen LogP contribution in [0.1, 0.15) is 47.1 Å². The van der Waals surface area contributed by atoms with Crippen molar-refractivity contribution in [1.82, 2.24) is 9.80 Å². The van der Waals surface area contributed by atoms with Crippen molar-refractivity contribution >= 4 is 16.9 Å². The minimum absolute atomic E-state index is 0.135. The number of methoxy groups -OCH3 is 1. The third-order valence-electron chi connectivity index (χ3n) is 6.12. The molecule has 1 aromatic heterocycles. The summed E-state index contributed by atoms with van der Waals surface area (Å²) in [7, 11) is 1.56. The number of amides is 1. The van der Waals surface area contributed by atoms with Crippen molar-refractivity contribution in [3.63, 3.8) is 0 Å². The normalized spacial score (nSPS) is 15.7. The minimum Gasteiger partial charge on any atom is -0.497 e. The molecule has 0 bridgehead atoms. The third kappa shape index (κ3) is 3.72. The van der Waals surface area contributed by atoms with Gasteiger partial charge in [0.1, 0.15) is 11.3 Å². The third-order valence-corrected chi connectivity index (χ3v) is 6.12. The number of hydrogen-bond acceptors (Lipinski definition) is 5. The molecule has 6 nitrogen and oxygen atoms in total. The highest BCUT2D eigenvalue weighted by Gasteiger charge is 2.42. The van der Waals surface area contributed by atoms with E-state index in [4.69, 9.17) is 9.15 Å². The highest BCUT2D eigenvalue weighted by atomic mass is 16.5. The van der Waals surface area contributed by atoms with Crippen LogP contribution in [0.5, 0.6) is 5.75 Å². The highest BCUT2D eigenvalue weighted by molar-refractivity contribution is 5.99. The van der Waals surface area contributed by atoms with Gasteiger partial charge in [-0.1, -0.05) is 43.7 Å². The van der Waals surface area contributed by atoms with Crippen molar-refractivity contribution in [2.75, 3.05) is 33.3 Å². The Kier molecular flexibility index (Phi) is 5.83. The second kappa shape index (κ2) is 8.55. The van der Waals surface area contributed by atoms with Gasteiger partial charge in [0, 0.05) is 19.2 Å². The van der Waals surface area contributed by atoms with Gasteiger partial charge in [-0.2, -0.15) is 0 Å². The number of nitrogens with zero attached hydrogens (tertiary/aromatic N) is 2. The van der Waals surface area contributed by atoms with Gasteiger partial charge in [-0.05, 0) is 37.7 Å². The van der Waals surface area contributed by atoms with Gasteiger partial charge in [0.15, 0.2) is 5.43 Å². The van der Waals surface area contributed by atoms with Crippen LogP contribution in [0, 0.1) is 6.92 Å². The van der Waals surface area contributed by atoms with Crippen LogP contribution in [0.15, 0.2) is 51.7 Å². The van der Waals surface area contributed by atoms with Gasteiger partial charge < -0.3 is 19.0 Å². The lowest BCUT2D eigenvalue weighted by molar-refractivity contribution is 0.0708. The number of hydrogen-bond donors (Lipinski definition) is 0. The molecule has 0 saturated carbocycles. The molecule has 3 aromatic rings. The number of carbonyl (C=O) groups excluding carboxylic acids is 1. The molecule has 0 unspecified atom stereocenters. The van der Waals surface area contributed by atoms with Crippen molar-refractivity contribution in [2.45, 2.75) is 26.8 Å². The summed E-state index contributed by atoms with van der Waals surface area (Å²) in [5, 5.41) is 0.454. The zero-order valence-electron chi connectivity index (χ0n) is 18.5. The molecule has 2 aromatic carbocycles. The molecule has 1 aliphatic rings. The number of aryl methyl sites for hydroxylation is 1. The molecular formula is C25H28N2O4. The van der Waals surface area contributed by atoms with E-state index in [0.717, 1.165) is 30.8 Å². The summed E-state index contributed by atoms with van der Waals surface area (Å²) in [4.78, 5) is 31.0. The molecular weight excluding hydrogens is 392 g/mol. The van der Waals surface area contributed by atoms with Crippen LogP contribution in [0.3, 0.4) is 0 Å². The number of benzene rings is 2. The van der Waals surface area contributed by atoms with Gasteiger partial charge in [0.25, 0.3) is 5.91 Å². The number of fused-ring (bicyclic) bond motifs is 2. The zero-order valence-corrected chi connectivity index (χ0v) is 18.5. The Bertz CT molecular complexity index is 1160. The maximum Gasteiger partial charge on any atom is 0.290 e. The molecule has 2 heterocycles. The zero-order chi connectivity index (χ0) is 22.1. The number of rotatable bonds is 7. The van der Waals surface area contributed by atoms with Crippen molar-refractivity contribution in [1.29, 1.82) is 0 Å². The van der Waals surface area contributed by atoms with Crippen molar-refractivity contribution in [3.05, 3.63) is 75.1 Å². The lowest BCUT2D eigenvalue weighted by Gasteiger charge is -2.28. The highest BCUT2D eigenvalue weighted by Crippen LogP contribution is 2.38. The first-order valence-electron chi connectivity index (χ1n) is 10.7. The van der Waals surface area contributed by atoms with E-state index in [1.165, 1.54) is 0 Å². The molecule has 162 valence electrons. The first kappa shape index (κ1) is 21.1. The minimum atomic E-state index is -0.457. The molecule has 0 saturated heterocycles. The van der Waals surface area contributed by atoms with Crippen LogP contribution in [0.2, 0.25) is 0 Å². The lowest BCUT2D eigenvalue weighted by atomic mass is 9.97. The monoisotopic (exact) mass is 420 g/mol. The van der Waals surface area contributed by atoms with Crippen LogP contribution >= 0.6 is 0 Å². The van der Waals surface area contributed by atoms with E-state index in [1.54, 1.807) is 30.2 Å². The molecule has 6 heteroatoms. The molecule has 4 rings (SSSR count). The Labute approximate surface area is 182 Å². The fourth-order valence-corrected chi connectivity index (χ4v) is 4.24. The fourth-order valence-electron chi connectivity index (χ4n) is 4.24. The van der Waals surface area contributed by atoms with E-state index < -0.39 is 6.04 Å². The summed E-state index contributed by atoms with van der Waals surface area (Å²) >= 11 is 0.